The lowest BCUT2D eigenvalue weighted by Crippen LogP contribution is -2.32. The molecule has 1 aromatic heterocycles. The number of nitrogens with zero attached hydrogens (tertiary/aromatic N) is 2. The SMILES string of the molecule is CC1=Nc2ccccc2/C1=C\c1c(O)n(COCCO)c(=O)[nH]c1=O. The van der Waals surface area contributed by atoms with Gasteiger partial charge in [-0.2, -0.15) is 0 Å². The van der Waals surface area contributed by atoms with Crippen molar-refractivity contribution in [1.29, 1.82) is 0 Å². The Balaban J connectivity index is 2.09. The topological polar surface area (TPSA) is 117 Å². The predicted octanol–water partition coefficient (Wildman–Crippen LogP) is 0.855. The Morgan fingerprint density at radius 2 is 2.08 bits per heavy atom. The summed E-state index contributed by atoms with van der Waals surface area (Å²) in [5.74, 6) is -0.503. The van der Waals surface area contributed by atoms with E-state index in [9.17, 15) is 14.7 Å². The van der Waals surface area contributed by atoms with Crippen molar-refractivity contribution in [3.63, 3.8) is 0 Å². The smallest absolute Gasteiger partial charge is 0.333 e. The maximum Gasteiger partial charge on any atom is 0.333 e. The number of aliphatic imine (C=N–C) groups is 1. The Hall–Kier alpha value is -2.97. The fourth-order valence-electron chi connectivity index (χ4n) is 2.61. The monoisotopic (exact) mass is 343 g/mol. The standard InChI is InChI=1S/C17H17N3O5/c1-10-12(11-4-2-3-5-14(11)18-10)8-13-15(22)19-17(24)20(16(13)23)9-25-7-6-21/h2-5,8,21,23H,6-7,9H2,1H3,(H,19,22,24)/b12-8-. The summed E-state index contributed by atoms with van der Waals surface area (Å²) in [6.45, 7) is 1.29. The molecule has 2 heterocycles. The van der Waals surface area contributed by atoms with Crippen molar-refractivity contribution in [1.82, 2.24) is 9.55 Å². The normalized spacial score (nSPS) is 14.6. The molecule has 0 amide bonds. The zero-order valence-electron chi connectivity index (χ0n) is 13.5. The summed E-state index contributed by atoms with van der Waals surface area (Å²) < 4.78 is 5.94. The number of H-pyrrole nitrogens is 1. The molecule has 1 aliphatic rings. The van der Waals surface area contributed by atoms with Crippen molar-refractivity contribution in [2.24, 2.45) is 4.99 Å². The first-order valence-corrected chi connectivity index (χ1v) is 7.64. The van der Waals surface area contributed by atoms with E-state index in [1.807, 2.05) is 24.3 Å². The molecule has 3 rings (SSSR count). The number of hydrogen-bond donors (Lipinski definition) is 3. The van der Waals surface area contributed by atoms with Crippen molar-refractivity contribution in [2.75, 3.05) is 13.2 Å². The minimum absolute atomic E-state index is 0.000566. The first-order chi connectivity index (χ1) is 12.0. The summed E-state index contributed by atoms with van der Waals surface area (Å²) in [5, 5.41) is 19.1. The highest BCUT2D eigenvalue weighted by molar-refractivity contribution is 6.31. The van der Waals surface area contributed by atoms with Gasteiger partial charge in [-0.25, -0.2) is 9.36 Å². The number of rotatable bonds is 5. The van der Waals surface area contributed by atoms with Gasteiger partial charge in [0.15, 0.2) is 0 Å². The van der Waals surface area contributed by atoms with Crippen molar-refractivity contribution in [3.8, 4) is 5.88 Å². The number of nitrogens with one attached hydrogen (secondary N) is 1. The second-order valence-electron chi connectivity index (χ2n) is 5.46. The second kappa shape index (κ2) is 6.88. The molecule has 1 aromatic carbocycles. The van der Waals surface area contributed by atoms with Gasteiger partial charge in [-0.05, 0) is 19.1 Å². The lowest BCUT2D eigenvalue weighted by molar-refractivity contribution is 0.0416. The number of aliphatic hydroxyl groups is 1. The van der Waals surface area contributed by atoms with Gasteiger partial charge in [0.25, 0.3) is 5.56 Å². The molecule has 0 bridgehead atoms. The Morgan fingerprint density at radius 3 is 2.84 bits per heavy atom. The maximum absolute atomic E-state index is 12.2. The van der Waals surface area contributed by atoms with Gasteiger partial charge in [0, 0.05) is 16.8 Å². The van der Waals surface area contributed by atoms with Crippen LogP contribution in [0, 0.1) is 0 Å². The second-order valence-corrected chi connectivity index (χ2v) is 5.46. The number of aromatic amines is 1. The van der Waals surface area contributed by atoms with Crippen LogP contribution in [0.3, 0.4) is 0 Å². The summed E-state index contributed by atoms with van der Waals surface area (Å²) in [5.41, 5.74) is 1.46. The molecule has 0 saturated carbocycles. The number of para-hydroxylation sites is 1. The molecule has 0 radical (unpaired) electrons. The van der Waals surface area contributed by atoms with Gasteiger partial charge in [-0.15, -0.1) is 0 Å². The van der Waals surface area contributed by atoms with E-state index in [1.54, 1.807) is 6.92 Å². The van der Waals surface area contributed by atoms with E-state index in [1.165, 1.54) is 6.08 Å². The average Bonchev–Trinajstić information content (AvgIpc) is 2.90. The van der Waals surface area contributed by atoms with E-state index in [0.29, 0.717) is 11.3 Å². The molecule has 0 unspecified atom stereocenters. The van der Waals surface area contributed by atoms with Gasteiger partial charge in [0.2, 0.25) is 5.88 Å². The van der Waals surface area contributed by atoms with E-state index in [-0.39, 0.29) is 25.5 Å². The first-order valence-electron chi connectivity index (χ1n) is 7.64. The number of aliphatic hydroxyl groups excluding tert-OH is 1. The van der Waals surface area contributed by atoms with Crippen LogP contribution in [0.5, 0.6) is 5.88 Å². The summed E-state index contributed by atoms with van der Waals surface area (Å²) >= 11 is 0. The molecule has 3 N–H and O–H groups in total. The largest absolute Gasteiger partial charge is 0.494 e. The lowest BCUT2D eigenvalue weighted by atomic mass is 10.0. The molecule has 8 nitrogen and oxygen atoms in total. The molecule has 0 aliphatic carbocycles. The molecule has 8 heteroatoms. The number of fused-ring (bicyclic) bond motifs is 1. The van der Waals surface area contributed by atoms with Crippen molar-refractivity contribution >= 4 is 23.0 Å². The van der Waals surface area contributed by atoms with E-state index in [4.69, 9.17) is 9.84 Å². The van der Waals surface area contributed by atoms with E-state index < -0.39 is 17.1 Å². The highest BCUT2D eigenvalue weighted by atomic mass is 16.5. The average molecular weight is 343 g/mol. The lowest BCUT2D eigenvalue weighted by Gasteiger charge is -2.10. The molecule has 0 spiro atoms. The van der Waals surface area contributed by atoms with Gasteiger partial charge in [-0.3, -0.25) is 14.8 Å². The molecule has 1 aliphatic heterocycles. The molecule has 0 saturated heterocycles. The molecule has 25 heavy (non-hydrogen) atoms. The molecular formula is C17H17N3O5. The van der Waals surface area contributed by atoms with Crippen LogP contribution in [-0.4, -0.2) is 38.7 Å². The number of aromatic hydroxyl groups is 1. The van der Waals surface area contributed by atoms with Crippen molar-refractivity contribution in [3.05, 3.63) is 56.2 Å². The van der Waals surface area contributed by atoms with Crippen molar-refractivity contribution < 1.29 is 14.9 Å². The number of allylic oxidation sites excluding steroid dienone is 1. The molecule has 2 aromatic rings. The van der Waals surface area contributed by atoms with Crippen LogP contribution in [0.1, 0.15) is 18.1 Å². The molecule has 0 atom stereocenters. The van der Waals surface area contributed by atoms with E-state index in [2.05, 4.69) is 9.98 Å². The molecular weight excluding hydrogens is 326 g/mol. The van der Waals surface area contributed by atoms with Gasteiger partial charge >= 0.3 is 5.69 Å². The van der Waals surface area contributed by atoms with Crippen LogP contribution < -0.4 is 11.2 Å². The Labute approximate surface area is 142 Å². The molecule has 0 fully saturated rings. The summed E-state index contributed by atoms with van der Waals surface area (Å²) in [6, 6.07) is 7.44. The van der Waals surface area contributed by atoms with Crippen LogP contribution in [0.4, 0.5) is 5.69 Å². The van der Waals surface area contributed by atoms with E-state index >= 15 is 0 Å². The van der Waals surface area contributed by atoms with Gasteiger partial charge in [-0.1, -0.05) is 18.2 Å². The van der Waals surface area contributed by atoms with Gasteiger partial charge in [0.05, 0.1) is 18.9 Å². The predicted molar refractivity (Wildman–Crippen MR) is 93.1 cm³/mol. The summed E-state index contributed by atoms with van der Waals surface area (Å²) in [6.07, 6.45) is 1.50. The Morgan fingerprint density at radius 1 is 1.32 bits per heavy atom. The molecule has 130 valence electrons. The van der Waals surface area contributed by atoms with Crippen LogP contribution in [0.15, 0.2) is 38.8 Å². The Kier molecular flexibility index (Phi) is 4.64. The number of hydrogen-bond acceptors (Lipinski definition) is 6. The third-order valence-electron chi connectivity index (χ3n) is 3.82. The van der Waals surface area contributed by atoms with E-state index in [0.717, 1.165) is 15.8 Å². The third-order valence-corrected chi connectivity index (χ3v) is 3.82. The first kappa shape index (κ1) is 16.9. The minimum atomic E-state index is -0.792. The third kappa shape index (κ3) is 3.17. The minimum Gasteiger partial charge on any atom is -0.494 e. The van der Waals surface area contributed by atoms with Crippen molar-refractivity contribution in [2.45, 2.75) is 13.7 Å². The van der Waals surface area contributed by atoms with Crippen LogP contribution in [0.2, 0.25) is 0 Å². The Bertz CT molecular complexity index is 985. The maximum atomic E-state index is 12.2. The number of benzene rings is 1. The van der Waals surface area contributed by atoms with Crippen LogP contribution in [0.25, 0.3) is 11.6 Å². The fourth-order valence-corrected chi connectivity index (χ4v) is 2.61. The quantitative estimate of drug-likeness (QED) is 0.696. The number of aromatic nitrogens is 2. The summed E-state index contributed by atoms with van der Waals surface area (Å²) in [7, 11) is 0. The zero-order chi connectivity index (χ0) is 18.0. The highest BCUT2D eigenvalue weighted by Gasteiger charge is 2.20. The van der Waals surface area contributed by atoms with Gasteiger partial charge in [0.1, 0.15) is 12.3 Å². The zero-order valence-corrected chi connectivity index (χ0v) is 13.5. The highest BCUT2D eigenvalue weighted by Crippen LogP contribution is 2.35. The van der Waals surface area contributed by atoms with Gasteiger partial charge < -0.3 is 14.9 Å². The van der Waals surface area contributed by atoms with Crippen LogP contribution >= 0.6 is 0 Å². The fraction of sp³-hybridized carbons (Fsp3) is 0.235. The van der Waals surface area contributed by atoms with Crippen LogP contribution in [-0.2, 0) is 11.5 Å². The summed E-state index contributed by atoms with van der Waals surface area (Å²) in [4.78, 5) is 30.6. The number of ether oxygens (including phenoxy) is 1.